The third-order valence-electron chi connectivity index (χ3n) is 1.85. The van der Waals surface area contributed by atoms with Crippen molar-refractivity contribution in [2.45, 2.75) is 0 Å². The number of halogens is 1. The van der Waals surface area contributed by atoms with Crippen molar-refractivity contribution in [2.24, 2.45) is 0 Å². The standard InChI is InChI=1S/C10H8BrN3O/c11-9-7(3-1-6-13-9)14-10(15)8-4-2-5-12-8/h1-6,12H,(H,14,15). The van der Waals surface area contributed by atoms with Crippen molar-refractivity contribution < 1.29 is 4.79 Å². The molecule has 0 atom stereocenters. The quantitative estimate of drug-likeness (QED) is 0.820. The van der Waals surface area contributed by atoms with E-state index in [4.69, 9.17) is 0 Å². The molecule has 1 amide bonds. The fourth-order valence-corrected chi connectivity index (χ4v) is 1.49. The Hall–Kier alpha value is -1.62. The summed E-state index contributed by atoms with van der Waals surface area (Å²) in [6.07, 6.45) is 3.35. The van der Waals surface area contributed by atoms with E-state index in [1.807, 2.05) is 0 Å². The summed E-state index contributed by atoms with van der Waals surface area (Å²) in [6.45, 7) is 0. The summed E-state index contributed by atoms with van der Waals surface area (Å²) in [4.78, 5) is 18.5. The number of carbonyl (C=O) groups is 1. The maximum absolute atomic E-state index is 11.6. The number of hydrogen-bond donors (Lipinski definition) is 2. The van der Waals surface area contributed by atoms with Crippen molar-refractivity contribution >= 4 is 27.5 Å². The molecule has 0 unspecified atom stereocenters. The van der Waals surface area contributed by atoms with Gasteiger partial charge in [0.05, 0.1) is 5.69 Å². The van der Waals surface area contributed by atoms with E-state index in [0.29, 0.717) is 16.0 Å². The van der Waals surface area contributed by atoms with Gasteiger partial charge in [-0.05, 0) is 40.2 Å². The van der Waals surface area contributed by atoms with Crippen molar-refractivity contribution in [3.63, 3.8) is 0 Å². The summed E-state index contributed by atoms with van der Waals surface area (Å²) >= 11 is 3.25. The summed E-state index contributed by atoms with van der Waals surface area (Å²) in [5.74, 6) is -0.186. The first-order chi connectivity index (χ1) is 7.27. The van der Waals surface area contributed by atoms with Crippen LogP contribution in [0, 0.1) is 0 Å². The number of pyridine rings is 1. The van der Waals surface area contributed by atoms with Crippen LogP contribution in [0.1, 0.15) is 10.5 Å². The summed E-state index contributed by atoms with van der Waals surface area (Å²) in [5, 5.41) is 2.73. The van der Waals surface area contributed by atoms with E-state index in [1.165, 1.54) is 0 Å². The SMILES string of the molecule is O=C(Nc1cccnc1Br)c1ccc[nH]1. The molecule has 0 aliphatic carbocycles. The normalized spacial score (nSPS) is 9.93. The van der Waals surface area contributed by atoms with Gasteiger partial charge in [-0.25, -0.2) is 4.98 Å². The van der Waals surface area contributed by atoms with Gasteiger partial charge >= 0.3 is 0 Å². The van der Waals surface area contributed by atoms with Gasteiger partial charge in [0.2, 0.25) is 0 Å². The molecule has 0 saturated carbocycles. The number of rotatable bonds is 2. The van der Waals surface area contributed by atoms with Gasteiger partial charge in [-0.15, -0.1) is 0 Å². The molecule has 76 valence electrons. The van der Waals surface area contributed by atoms with Crippen LogP contribution in [0.15, 0.2) is 41.3 Å². The second kappa shape index (κ2) is 4.27. The van der Waals surface area contributed by atoms with Gasteiger partial charge in [-0.1, -0.05) is 0 Å². The lowest BCUT2D eigenvalue weighted by molar-refractivity contribution is 0.102. The predicted octanol–water partition coefficient (Wildman–Crippen LogP) is 2.42. The Morgan fingerprint density at radius 2 is 2.27 bits per heavy atom. The number of carbonyl (C=O) groups excluding carboxylic acids is 1. The van der Waals surface area contributed by atoms with E-state index >= 15 is 0 Å². The van der Waals surface area contributed by atoms with Crippen LogP contribution in [0.3, 0.4) is 0 Å². The molecule has 2 N–H and O–H groups in total. The smallest absolute Gasteiger partial charge is 0.272 e. The van der Waals surface area contributed by atoms with Crippen LogP contribution >= 0.6 is 15.9 Å². The number of amides is 1. The summed E-state index contributed by atoms with van der Waals surface area (Å²) in [6, 6.07) is 7.01. The summed E-state index contributed by atoms with van der Waals surface area (Å²) in [7, 11) is 0. The molecule has 4 nitrogen and oxygen atoms in total. The molecule has 2 heterocycles. The molecule has 0 saturated heterocycles. The number of aromatic amines is 1. The van der Waals surface area contributed by atoms with Crippen molar-refractivity contribution in [3.05, 3.63) is 47.0 Å². The largest absolute Gasteiger partial charge is 0.357 e. The second-order valence-electron chi connectivity index (χ2n) is 2.88. The monoisotopic (exact) mass is 265 g/mol. The van der Waals surface area contributed by atoms with Gasteiger partial charge in [0.1, 0.15) is 10.3 Å². The van der Waals surface area contributed by atoms with Gasteiger partial charge < -0.3 is 10.3 Å². The molecule has 5 heteroatoms. The van der Waals surface area contributed by atoms with Crippen molar-refractivity contribution in [2.75, 3.05) is 5.32 Å². The van der Waals surface area contributed by atoms with Crippen molar-refractivity contribution in [3.8, 4) is 0 Å². The van der Waals surface area contributed by atoms with Crippen LogP contribution in [0.2, 0.25) is 0 Å². The van der Waals surface area contributed by atoms with Crippen LogP contribution in [-0.4, -0.2) is 15.9 Å². The fourth-order valence-electron chi connectivity index (χ4n) is 1.14. The van der Waals surface area contributed by atoms with Crippen LogP contribution in [0.5, 0.6) is 0 Å². The molecule has 0 aliphatic rings. The third kappa shape index (κ3) is 2.24. The summed E-state index contributed by atoms with van der Waals surface area (Å²) < 4.78 is 0.616. The number of hydrogen-bond acceptors (Lipinski definition) is 2. The molecular weight excluding hydrogens is 258 g/mol. The van der Waals surface area contributed by atoms with Crippen LogP contribution < -0.4 is 5.32 Å². The first kappa shape index (κ1) is 9.92. The van der Waals surface area contributed by atoms with Crippen molar-refractivity contribution in [1.82, 2.24) is 9.97 Å². The lowest BCUT2D eigenvalue weighted by Gasteiger charge is -2.04. The van der Waals surface area contributed by atoms with Crippen LogP contribution in [0.25, 0.3) is 0 Å². The highest BCUT2D eigenvalue weighted by atomic mass is 79.9. The summed E-state index contributed by atoms with van der Waals surface area (Å²) in [5.41, 5.74) is 1.17. The van der Waals surface area contributed by atoms with Crippen LogP contribution in [0.4, 0.5) is 5.69 Å². The zero-order valence-electron chi connectivity index (χ0n) is 7.70. The Morgan fingerprint density at radius 3 is 2.93 bits per heavy atom. The first-order valence-electron chi connectivity index (χ1n) is 4.32. The average Bonchev–Trinajstić information content (AvgIpc) is 2.74. The van der Waals surface area contributed by atoms with Gasteiger partial charge in [0, 0.05) is 12.4 Å². The van der Waals surface area contributed by atoms with E-state index in [1.54, 1.807) is 36.7 Å². The maximum atomic E-state index is 11.6. The number of nitrogens with zero attached hydrogens (tertiary/aromatic N) is 1. The number of nitrogens with one attached hydrogen (secondary N) is 2. The highest BCUT2D eigenvalue weighted by Gasteiger charge is 2.08. The highest BCUT2D eigenvalue weighted by Crippen LogP contribution is 2.18. The minimum atomic E-state index is -0.186. The maximum Gasteiger partial charge on any atom is 0.272 e. The Labute approximate surface area is 94.9 Å². The van der Waals surface area contributed by atoms with E-state index < -0.39 is 0 Å². The minimum absolute atomic E-state index is 0.186. The zero-order valence-corrected chi connectivity index (χ0v) is 9.28. The molecule has 0 bridgehead atoms. The lowest BCUT2D eigenvalue weighted by atomic mass is 10.3. The third-order valence-corrected chi connectivity index (χ3v) is 2.48. The fraction of sp³-hybridized carbons (Fsp3) is 0. The molecule has 0 aliphatic heterocycles. The molecule has 0 radical (unpaired) electrons. The second-order valence-corrected chi connectivity index (χ2v) is 3.63. The lowest BCUT2D eigenvalue weighted by Crippen LogP contribution is -2.12. The van der Waals surface area contributed by atoms with E-state index in [0.717, 1.165) is 0 Å². The van der Waals surface area contributed by atoms with Crippen molar-refractivity contribution in [1.29, 1.82) is 0 Å². The minimum Gasteiger partial charge on any atom is -0.357 e. The topological polar surface area (TPSA) is 57.8 Å². The van der Waals surface area contributed by atoms with E-state index in [2.05, 4.69) is 31.2 Å². The van der Waals surface area contributed by atoms with E-state index in [9.17, 15) is 4.79 Å². The molecule has 0 spiro atoms. The molecule has 2 aromatic heterocycles. The zero-order chi connectivity index (χ0) is 10.7. The Balaban J connectivity index is 2.17. The van der Waals surface area contributed by atoms with Gasteiger partial charge in [-0.2, -0.15) is 0 Å². The molecule has 2 aromatic rings. The average molecular weight is 266 g/mol. The molecule has 0 fully saturated rings. The first-order valence-corrected chi connectivity index (χ1v) is 5.12. The number of H-pyrrole nitrogens is 1. The van der Waals surface area contributed by atoms with Crippen LogP contribution in [-0.2, 0) is 0 Å². The molecule has 15 heavy (non-hydrogen) atoms. The Morgan fingerprint density at radius 1 is 1.40 bits per heavy atom. The van der Waals surface area contributed by atoms with Gasteiger partial charge in [0.15, 0.2) is 0 Å². The highest BCUT2D eigenvalue weighted by molar-refractivity contribution is 9.10. The number of anilines is 1. The van der Waals surface area contributed by atoms with Gasteiger partial charge in [-0.3, -0.25) is 4.79 Å². The number of aromatic nitrogens is 2. The Kier molecular flexibility index (Phi) is 2.82. The molecular formula is C10H8BrN3O. The predicted molar refractivity (Wildman–Crippen MR) is 60.7 cm³/mol. The van der Waals surface area contributed by atoms with E-state index in [-0.39, 0.29) is 5.91 Å². The Bertz CT molecular complexity index is 467. The molecule has 2 rings (SSSR count). The van der Waals surface area contributed by atoms with Gasteiger partial charge in [0.25, 0.3) is 5.91 Å². The molecule has 0 aromatic carbocycles.